The van der Waals surface area contributed by atoms with E-state index in [0.717, 1.165) is 18.6 Å². The lowest BCUT2D eigenvalue weighted by atomic mass is 10.0. The third-order valence-electron chi connectivity index (χ3n) is 4.96. The third kappa shape index (κ3) is 4.61. The van der Waals surface area contributed by atoms with E-state index >= 15 is 0 Å². The summed E-state index contributed by atoms with van der Waals surface area (Å²) in [6.07, 6.45) is 2.45. The zero-order valence-electron chi connectivity index (χ0n) is 16.7. The highest BCUT2D eigenvalue weighted by atomic mass is 32.2. The van der Waals surface area contributed by atoms with E-state index in [9.17, 15) is 9.59 Å². The van der Waals surface area contributed by atoms with Gasteiger partial charge >= 0.3 is 5.97 Å². The van der Waals surface area contributed by atoms with Crippen molar-refractivity contribution >= 4 is 23.6 Å². The molecule has 3 rings (SSSR count). The van der Waals surface area contributed by atoms with Gasteiger partial charge in [-0.2, -0.15) is 0 Å². The van der Waals surface area contributed by atoms with Crippen LogP contribution in [0.2, 0.25) is 0 Å². The Labute approximate surface area is 170 Å². The minimum atomic E-state index is -0.515. The molecule has 1 aromatic carbocycles. The standard InChI is InChI=1S/C22H27NO4S/c1-4-26-22(25)18-10-5-6-13-23(18)21(24)19-12-11-17(27-19)14-28-20-15(2)8-7-9-16(20)3/h7-9,11-12,18H,4-6,10,13-14H2,1-3H3. The van der Waals surface area contributed by atoms with Crippen molar-refractivity contribution in [2.45, 2.75) is 56.7 Å². The summed E-state index contributed by atoms with van der Waals surface area (Å²) in [5, 5.41) is 0. The average Bonchev–Trinajstić information content (AvgIpc) is 3.16. The number of carbonyl (C=O) groups is 2. The number of benzene rings is 1. The Morgan fingerprint density at radius 2 is 1.93 bits per heavy atom. The van der Waals surface area contributed by atoms with Crippen LogP contribution in [-0.2, 0) is 15.3 Å². The number of aryl methyl sites for hydroxylation is 2. The van der Waals surface area contributed by atoms with Crippen molar-refractivity contribution in [1.29, 1.82) is 0 Å². The maximum absolute atomic E-state index is 12.9. The van der Waals surface area contributed by atoms with Crippen LogP contribution in [0.1, 0.15) is 53.6 Å². The predicted molar refractivity (Wildman–Crippen MR) is 109 cm³/mol. The molecule has 0 bridgehead atoms. The van der Waals surface area contributed by atoms with Gasteiger partial charge in [-0.25, -0.2) is 4.79 Å². The fourth-order valence-corrected chi connectivity index (χ4v) is 4.57. The van der Waals surface area contributed by atoms with Gasteiger partial charge in [-0.15, -0.1) is 11.8 Å². The van der Waals surface area contributed by atoms with E-state index in [0.29, 0.717) is 25.3 Å². The largest absolute Gasteiger partial charge is 0.464 e. The Kier molecular flexibility index (Phi) is 6.83. The lowest BCUT2D eigenvalue weighted by molar-refractivity contribution is -0.149. The number of thioether (sulfide) groups is 1. The van der Waals surface area contributed by atoms with Gasteiger partial charge in [0, 0.05) is 11.4 Å². The monoisotopic (exact) mass is 401 g/mol. The third-order valence-corrected chi connectivity index (χ3v) is 6.32. The molecular weight excluding hydrogens is 374 g/mol. The van der Waals surface area contributed by atoms with Crippen LogP contribution in [0.3, 0.4) is 0 Å². The summed E-state index contributed by atoms with van der Waals surface area (Å²) in [5.74, 6) is 1.13. The Balaban J connectivity index is 1.68. The Morgan fingerprint density at radius 1 is 1.18 bits per heavy atom. The number of furan rings is 1. The zero-order valence-corrected chi connectivity index (χ0v) is 17.5. The molecule has 1 unspecified atom stereocenters. The van der Waals surface area contributed by atoms with E-state index < -0.39 is 6.04 Å². The molecule has 1 amide bonds. The molecule has 1 atom stereocenters. The van der Waals surface area contributed by atoms with Gasteiger partial charge in [-0.3, -0.25) is 4.79 Å². The quantitative estimate of drug-likeness (QED) is 0.516. The first-order valence-electron chi connectivity index (χ1n) is 9.76. The fourth-order valence-electron chi connectivity index (χ4n) is 3.54. The normalized spacial score (nSPS) is 16.8. The van der Waals surface area contributed by atoms with Crippen molar-refractivity contribution in [3.05, 3.63) is 53.0 Å². The smallest absolute Gasteiger partial charge is 0.328 e. The lowest BCUT2D eigenvalue weighted by Gasteiger charge is -2.33. The second-order valence-electron chi connectivity index (χ2n) is 7.04. The molecule has 5 nitrogen and oxygen atoms in total. The summed E-state index contributed by atoms with van der Waals surface area (Å²) in [7, 11) is 0. The lowest BCUT2D eigenvalue weighted by Crippen LogP contribution is -2.48. The van der Waals surface area contributed by atoms with Gasteiger partial charge in [0.1, 0.15) is 11.8 Å². The maximum atomic E-state index is 12.9. The van der Waals surface area contributed by atoms with Gasteiger partial charge < -0.3 is 14.1 Å². The van der Waals surface area contributed by atoms with Crippen LogP contribution >= 0.6 is 11.8 Å². The number of nitrogens with zero attached hydrogens (tertiary/aromatic N) is 1. The van der Waals surface area contributed by atoms with Crippen molar-refractivity contribution < 1.29 is 18.7 Å². The van der Waals surface area contributed by atoms with Crippen LogP contribution in [-0.4, -0.2) is 36.0 Å². The number of esters is 1. The summed E-state index contributed by atoms with van der Waals surface area (Å²) < 4.78 is 11.0. The van der Waals surface area contributed by atoms with E-state index in [4.69, 9.17) is 9.15 Å². The van der Waals surface area contributed by atoms with Crippen LogP contribution in [0.25, 0.3) is 0 Å². The van der Waals surface area contributed by atoms with Crippen molar-refractivity contribution in [2.75, 3.05) is 13.2 Å². The summed E-state index contributed by atoms with van der Waals surface area (Å²) in [6.45, 7) is 6.84. The molecule has 2 aromatic rings. The molecule has 1 aromatic heterocycles. The SMILES string of the molecule is CCOC(=O)C1CCCCN1C(=O)c1ccc(CSc2c(C)cccc2C)o1. The molecule has 1 aliphatic rings. The first-order valence-corrected chi connectivity index (χ1v) is 10.7. The van der Waals surface area contributed by atoms with Crippen LogP contribution in [0, 0.1) is 13.8 Å². The van der Waals surface area contributed by atoms with E-state index in [1.165, 1.54) is 16.0 Å². The van der Waals surface area contributed by atoms with E-state index in [2.05, 4.69) is 32.0 Å². The first-order chi connectivity index (χ1) is 13.5. The van der Waals surface area contributed by atoms with E-state index in [1.807, 2.05) is 6.07 Å². The van der Waals surface area contributed by atoms with Gasteiger partial charge in [0.25, 0.3) is 5.91 Å². The highest BCUT2D eigenvalue weighted by Crippen LogP contribution is 2.30. The predicted octanol–water partition coefficient (Wildman–Crippen LogP) is 4.75. The molecular formula is C22H27NO4S. The first kappa shape index (κ1) is 20.5. The minimum absolute atomic E-state index is 0.235. The van der Waals surface area contributed by atoms with Crippen molar-refractivity contribution in [2.24, 2.45) is 0 Å². The molecule has 0 spiro atoms. The number of carbonyl (C=O) groups excluding carboxylic acids is 2. The van der Waals surface area contributed by atoms with Gasteiger partial charge in [0.05, 0.1) is 12.4 Å². The topological polar surface area (TPSA) is 59.8 Å². The number of amides is 1. The molecule has 28 heavy (non-hydrogen) atoms. The second kappa shape index (κ2) is 9.32. The van der Waals surface area contributed by atoms with E-state index in [-0.39, 0.29) is 17.6 Å². The maximum Gasteiger partial charge on any atom is 0.328 e. The molecule has 1 fully saturated rings. The fraction of sp³-hybridized carbons (Fsp3) is 0.455. The molecule has 0 N–H and O–H groups in total. The van der Waals surface area contributed by atoms with Gasteiger partial charge in [0.2, 0.25) is 0 Å². The summed E-state index contributed by atoms with van der Waals surface area (Å²) >= 11 is 1.71. The Morgan fingerprint density at radius 3 is 2.64 bits per heavy atom. The molecule has 2 heterocycles. The van der Waals surface area contributed by atoms with Crippen molar-refractivity contribution in [1.82, 2.24) is 4.90 Å². The molecule has 0 aliphatic carbocycles. The van der Waals surface area contributed by atoms with Gasteiger partial charge in [-0.05, 0) is 63.3 Å². The summed E-state index contributed by atoms with van der Waals surface area (Å²) in [5.41, 5.74) is 2.47. The number of ether oxygens (including phenoxy) is 1. The number of hydrogen-bond acceptors (Lipinski definition) is 5. The Bertz CT molecular complexity index is 825. The molecule has 0 saturated carbocycles. The number of piperidine rings is 1. The van der Waals surface area contributed by atoms with Crippen LogP contribution in [0.4, 0.5) is 0 Å². The average molecular weight is 402 g/mol. The van der Waals surface area contributed by atoms with Crippen LogP contribution < -0.4 is 0 Å². The molecule has 1 saturated heterocycles. The zero-order chi connectivity index (χ0) is 20.1. The van der Waals surface area contributed by atoms with E-state index in [1.54, 1.807) is 29.7 Å². The number of rotatable bonds is 6. The molecule has 150 valence electrons. The Hall–Kier alpha value is -2.21. The van der Waals surface area contributed by atoms with Crippen molar-refractivity contribution in [3.63, 3.8) is 0 Å². The molecule has 1 aliphatic heterocycles. The van der Waals surface area contributed by atoms with Crippen LogP contribution in [0.5, 0.6) is 0 Å². The van der Waals surface area contributed by atoms with Gasteiger partial charge in [-0.1, -0.05) is 18.2 Å². The molecule has 6 heteroatoms. The summed E-state index contributed by atoms with van der Waals surface area (Å²) in [4.78, 5) is 28.0. The molecule has 0 radical (unpaired) electrons. The highest BCUT2D eigenvalue weighted by Gasteiger charge is 2.34. The highest BCUT2D eigenvalue weighted by molar-refractivity contribution is 7.98. The number of likely N-dealkylation sites (tertiary alicyclic amines) is 1. The van der Waals surface area contributed by atoms with Crippen molar-refractivity contribution in [3.8, 4) is 0 Å². The van der Waals surface area contributed by atoms with Gasteiger partial charge in [0.15, 0.2) is 5.76 Å². The summed E-state index contributed by atoms with van der Waals surface area (Å²) in [6, 6.07) is 9.28. The number of hydrogen-bond donors (Lipinski definition) is 0. The minimum Gasteiger partial charge on any atom is -0.464 e. The second-order valence-corrected chi connectivity index (χ2v) is 8.02. The van der Waals surface area contributed by atoms with Crippen LogP contribution in [0.15, 0.2) is 39.6 Å².